The Morgan fingerprint density at radius 2 is 1.88 bits per heavy atom. The standard InChI is InChI=1S/C18H24N8/c1-12(2)25-11-19-21-17(25)14-4-3-9-24(10-14)16-8-7-15-20-22-18(13-5-6-13)26(15)23-16/h7-8,11-14H,3-6,9-10H2,1-2H3. The van der Waals surface area contributed by atoms with Crippen molar-refractivity contribution in [2.75, 3.05) is 18.0 Å². The Labute approximate surface area is 152 Å². The lowest BCUT2D eigenvalue weighted by Crippen LogP contribution is -2.36. The monoisotopic (exact) mass is 352 g/mol. The SMILES string of the molecule is CC(C)n1cnnc1C1CCCN(c2ccc3nnc(C4CC4)n3n2)C1. The van der Waals surface area contributed by atoms with Crippen molar-refractivity contribution < 1.29 is 0 Å². The zero-order valence-corrected chi connectivity index (χ0v) is 15.3. The molecule has 3 aromatic heterocycles. The molecule has 0 radical (unpaired) electrons. The van der Waals surface area contributed by atoms with E-state index in [9.17, 15) is 0 Å². The van der Waals surface area contributed by atoms with Crippen LogP contribution in [0.2, 0.25) is 0 Å². The van der Waals surface area contributed by atoms with Crippen LogP contribution in [-0.2, 0) is 0 Å². The second kappa shape index (κ2) is 6.03. The molecule has 0 bridgehead atoms. The smallest absolute Gasteiger partial charge is 0.178 e. The van der Waals surface area contributed by atoms with E-state index in [1.54, 1.807) is 0 Å². The molecule has 5 rings (SSSR count). The second-order valence-electron chi connectivity index (χ2n) is 7.77. The first kappa shape index (κ1) is 15.7. The Balaban J connectivity index is 1.43. The van der Waals surface area contributed by atoms with Gasteiger partial charge in [-0.15, -0.1) is 25.5 Å². The third-order valence-electron chi connectivity index (χ3n) is 5.48. The maximum atomic E-state index is 4.87. The van der Waals surface area contributed by atoms with Gasteiger partial charge < -0.3 is 9.47 Å². The molecule has 1 aliphatic heterocycles. The molecule has 2 aliphatic rings. The minimum absolute atomic E-state index is 0.378. The molecule has 2 fully saturated rings. The van der Waals surface area contributed by atoms with Crippen molar-refractivity contribution in [1.29, 1.82) is 0 Å². The third kappa shape index (κ3) is 2.64. The van der Waals surface area contributed by atoms with Gasteiger partial charge in [-0.1, -0.05) is 0 Å². The summed E-state index contributed by atoms with van der Waals surface area (Å²) in [4.78, 5) is 2.36. The van der Waals surface area contributed by atoms with Gasteiger partial charge in [-0.2, -0.15) is 4.52 Å². The zero-order valence-electron chi connectivity index (χ0n) is 15.3. The van der Waals surface area contributed by atoms with Crippen LogP contribution in [0.15, 0.2) is 18.5 Å². The van der Waals surface area contributed by atoms with E-state index in [1.807, 2.05) is 16.9 Å². The van der Waals surface area contributed by atoms with Gasteiger partial charge >= 0.3 is 0 Å². The normalized spacial score (nSPS) is 21.0. The molecule has 26 heavy (non-hydrogen) atoms. The van der Waals surface area contributed by atoms with Crippen LogP contribution in [0.5, 0.6) is 0 Å². The molecule has 1 atom stereocenters. The lowest BCUT2D eigenvalue weighted by molar-refractivity contribution is 0.452. The molecule has 1 saturated heterocycles. The molecule has 1 aliphatic carbocycles. The van der Waals surface area contributed by atoms with E-state index in [1.165, 1.54) is 12.8 Å². The molecular formula is C18H24N8. The van der Waals surface area contributed by atoms with Crippen molar-refractivity contribution in [3.8, 4) is 0 Å². The molecule has 0 N–H and O–H groups in total. The highest BCUT2D eigenvalue weighted by Gasteiger charge is 2.30. The van der Waals surface area contributed by atoms with Crippen molar-refractivity contribution in [1.82, 2.24) is 34.6 Å². The Morgan fingerprint density at radius 3 is 2.69 bits per heavy atom. The van der Waals surface area contributed by atoms with Crippen LogP contribution in [0.4, 0.5) is 5.82 Å². The quantitative estimate of drug-likeness (QED) is 0.718. The Morgan fingerprint density at radius 1 is 1.00 bits per heavy atom. The van der Waals surface area contributed by atoms with Crippen LogP contribution in [0.1, 0.15) is 69.1 Å². The van der Waals surface area contributed by atoms with Crippen molar-refractivity contribution in [3.05, 3.63) is 30.1 Å². The summed E-state index contributed by atoms with van der Waals surface area (Å²) in [6.07, 6.45) is 6.52. The van der Waals surface area contributed by atoms with Crippen molar-refractivity contribution in [2.45, 2.75) is 57.4 Å². The van der Waals surface area contributed by atoms with E-state index in [2.05, 4.69) is 49.8 Å². The van der Waals surface area contributed by atoms with Crippen LogP contribution in [0, 0.1) is 0 Å². The maximum absolute atomic E-state index is 4.87. The van der Waals surface area contributed by atoms with E-state index in [0.29, 0.717) is 17.9 Å². The van der Waals surface area contributed by atoms with Gasteiger partial charge in [0.1, 0.15) is 18.0 Å². The van der Waals surface area contributed by atoms with E-state index < -0.39 is 0 Å². The number of anilines is 1. The summed E-state index contributed by atoms with van der Waals surface area (Å²) in [6.45, 7) is 6.29. The lowest BCUT2D eigenvalue weighted by atomic mass is 9.97. The summed E-state index contributed by atoms with van der Waals surface area (Å²) in [5.74, 6) is 4.02. The van der Waals surface area contributed by atoms with E-state index in [-0.39, 0.29) is 0 Å². The molecule has 1 saturated carbocycles. The molecule has 8 nitrogen and oxygen atoms in total. The molecule has 0 aromatic carbocycles. The van der Waals surface area contributed by atoms with Gasteiger partial charge in [0.25, 0.3) is 0 Å². The fraction of sp³-hybridized carbons (Fsp3) is 0.611. The maximum Gasteiger partial charge on any atom is 0.178 e. The van der Waals surface area contributed by atoms with E-state index in [4.69, 9.17) is 5.10 Å². The van der Waals surface area contributed by atoms with Crippen LogP contribution in [0.25, 0.3) is 5.65 Å². The number of rotatable bonds is 4. The van der Waals surface area contributed by atoms with E-state index >= 15 is 0 Å². The average molecular weight is 352 g/mol. The van der Waals surface area contributed by atoms with E-state index in [0.717, 1.165) is 49.0 Å². The third-order valence-corrected chi connectivity index (χ3v) is 5.48. The summed E-state index contributed by atoms with van der Waals surface area (Å²) in [5, 5.41) is 22.0. The fourth-order valence-corrected chi connectivity index (χ4v) is 3.90. The van der Waals surface area contributed by atoms with Gasteiger partial charge in [-0.3, -0.25) is 0 Å². The lowest BCUT2D eigenvalue weighted by Gasteiger charge is -2.33. The average Bonchev–Trinajstić information content (AvgIpc) is 3.22. The zero-order chi connectivity index (χ0) is 17.7. The first-order valence-electron chi connectivity index (χ1n) is 9.57. The van der Waals surface area contributed by atoms with Crippen molar-refractivity contribution in [3.63, 3.8) is 0 Å². The predicted molar refractivity (Wildman–Crippen MR) is 97.4 cm³/mol. The highest BCUT2D eigenvalue weighted by atomic mass is 15.4. The molecule has 8 heteroatoms. The van der Waals surface area contributed by atoms with Gasteiger partial charge in [-0.25, -0.2) is 0 Å². The minimum atomic E-state index is 0.378. The number of fused-ring (bicyclic) bond motifs is 1. The second-order valence-corrected chi connectivity index (χ2v) is 7.77. The molecule has 3 aromatic rings. The highest BCUT2D eigenvalue weighted by Crippen LogP contribution is 2.39. The largest absolute Gasteiger partial charge is 0.354 e. The number of piperidine rings is 1. The van der Waals surface area contributed by atoms with Gasteiger partial charge in [0, 0.05) is 31.0 Å². The summed E-state index contributed by atoms with van der Waals surface area (Å²) in [6, 6.07) is 4.47. The summed E-state index contributed by atoms with van der Waals surface area (Å²) < 4.78 is 4.13. The summed E-state index contributed by atoms with van der Waals surface area (Å²) >= 11 is 0. The van der Waals surface area contributed by atoms with Crippen molar-refractivity contribution >= 4 is 11.5 Å². The topological polar surface area (TPSA) is 77.0 Å². The van der Waals surface area contributed by atoms with Crippen LogP contribution >= 0.6 is 0 Å². The van der Waals surface area contributed by atoms with Crippen molar-refractivity contribution in [2.24, 2.45) is 0 Å². The number of hydrogen-bond acceptors (Lipinski definition) is 6. The molecule has 0 spiro atoms. The number of hydrogen-bond donors (Lipinski definition) is 0. The summed E-state index contributed by atoms with van der Waals surface area (Å²) in [5.41, 5.74) is 0.837. The van der Waals surface area contributed by atoms with Crippen LogP contribution in [0.3, 0.4) is 0 Å². The van der Waals surface area contributed by atoms with Gasteiger partial charge in [-0.05, 0) is 51.7 Å². The molecule has 136 valence electrons. The minimum Gasteiger partial charge on any atom is -0.354 e. The van der Waals surface area contributed by atoms with Gasteiger partial charge in [0.05, 0.1) is 0 Å². The van der Waals surface area contributed by atoms with Gasteiger partial charge in [0.15, 0.2) is 11.5 Å². The summed E-state index contributed by atoms with van der Waals surface area (Å²) in [7, 11) is 0. The Bertz CT molecular complexity index is 922. The molecule has 1 unspecified atom stereocenters. The van der Waals surface area contributed by atoms with Gasteiger partial charge in [0.2, 0.25) is 0 Å². The first-order valence-corrected chi connectivity index (χ1v) is 9.57. The fourth-order valence-electron chi connectivity index (χ4n) is 3.90. The van der Waals surface area contributed by atoms with Crippen LogP contribution < -0.4 is 4.90 Å². The first-order chi connectivity index (χ1) is 12.7. The van der Waals surface area contributed by atoms with Crippen LogP contribution in [-0.4, -0.2) is 47.7 Å². The predicted octanol–water partition coefficient (Wildman–Crippen LogP) is 2.56. The highest BCUT2D eigenvalue weighted by molar-refractivity contribution is 5.46. The molecule has 4 heterocycles. The Hall–Kier alpha value is -2.51. The molecule has 0 amide bonds. The Kier molecular flexibility index (Phi) is 3.65. The number of aromatic nitrogens is 7. The number of nitrogens with zero attached hydrogens (tertiary/aromatic N) is 8. The molecular weight excluding hydrogens is 328 g/mol.